The molecule has 23 heavy (non-hydrogen) atoms. The number of alkyl halides is 3. The molecule has 2 heterocycles. The molecule has 2 N–H and O–H groups in total. The maximum absolute atomic E-state index is 13.8. The van der Waals surface area contributed by atoms with Crippen LogP contribution in [0.1, 0.15) is 16.8 Å². The molecule has 7 heteroatoms. The molecule has 3 rings (SSSR count). The minimum Gasteiger partial charge on any atom is -0.488 e. The third-order valence-corrected chi connectivity index (χ3v) is 3.68. The summed E-state index contributed by atoms with van der Waals surface area (Å²) < 4.78 is 58.4. The molecule has 1 aromatic carbocycles. The molecular formula is C16H14F4N2O. The van der Waals surface area contributed by atoms with Crippen LogP contribution in [0.25, 0.3) is 11.3 Å². The van der Waals surface area contributed by atoms with Crippen molar-refractivity contribution in [1.82, 2.24) is 4.98 Å². The molecule has 0 spiro atoms. The highest BCUT2D eigenvalue weighted by atomic mass is 19.4. The van der Waals surface area contributed by atoms with Gasteiger partial charge in [0.1, 0.15) is 17.7 Å². The number of benzene rings is 1. The van der Waals surface area contributed by atoms with Crippen LogP contribution in [-0.2, 0) is 12.6 Å². The lowest BCUT2D eigenvalue weighted by Gasteiger charge is -2.13. The van der Waals surface area contributed by atoms with Gasteiger partial charge in [0, 0.05) is 29.8 Å². The first-order valence-electron chi connectivity index (χ1n) is 7.03. The van der Waals surface area contributed by atoms with Gasteiger partial charge in [-0.3, -0.25) is 4.98 Å². The van der Waals surface area contributed by atoms with Crippen molar-refractivity contribution in [1.29, 1.82) is 0 Å². The topological polar surface area (TPSA) is 48.1 Å². The smallest absolute Gasteiger partial charge is 0.416 e. The van der Waals surface area contributed by atoms with E-state index in [1.165, 1.54) is 13.0 Å². The van der Waals surface area contributed by atoms with Crippen molar-refractivity contribution in [3.05, 3.63) is 46.9 Å². The lowest BCUT2D eigenvalue weighted by molar-refractivity contribution is -0.137. The third kappa shape index (κ3) is 3.01. The molecule has 0 aliphatic carbocycles. The zero-order chi connectivity index (χ0) is 16.8. The maximum Gasteiger partial charge on any atom is 0.416 e. The fraction of sp³-hybridized carbons (Fsp3) is 0.312. The Labute approximate surface area is 130 Å². The van der Waals surface area contributed by atoms with E-state index >= 15 is 0 Å². The third-order valence-electron chi connectivity index (χ3n) is 3.68. The van der Waals surface area contributed by atoms with Crippen molar-refractivity contribution in [3.8, 4) is 17.0 Å². The van der Waals surface area contributed by atoms with Crippen molar-refractivity contribution in [2.45, 2.75) is 25.6 Å². The lowest BCUT2D eigenvalue weighted by atomic mass is 10.0. The van der Waals surface area contributed by atoms with Gasteiger partial charge in [0.2, 0.25) is 0 Å². The predicted molar refractivity (Wildman–Crippen MR) is 76.5 cm³/mol. The van der Waals surface area contributed by atoms with Crippen LogP contribution in [0.4, 0.5) is 17.6 Å². The van der Waals surface area contributed by atoms with Crippen LogP contribution in [0.2, 0.25) is 0 Å². The highest BCUT2D eigenvalue weighted by molar-refractivity contribution is 5.71. The second-order valence-corrected chi connectivity index (χ2v) is 5.50. The van der Waals surface area contributed by atoms with E-state index in [4.69, 9.17) is 10.5 Å². The number of hydrogen-bond acceptors (Lipinski definition) is 3. The molecule has 1 aliphatic rings. The summed E-state index contributed by atoms with van der Waals surface area (Å²) in [5.41, 5.74) is 5.77. The second kappa shape index (κ2) is 5.49. The van der Waals surface area contributed by atoms with Crippen LogP contribution in [0.5, 0.6) is 5.75 Å². The van der Waals surface area contributed by atoms with Gasteiger partial charge in [-0.15, -0.1) is 0 Å². The average molecular weight is 326 g/mol. The monoisotopic (exact) mass is 326 g/mol. The molecule has 3 nitrogen and oxygen atoms in total. The summed E-state index contributed by atoms with van der Waals surface area (Å²) >= 11 is 0. The van der Waals surface area contributed by atoms with Crippen molar-refractivity contribution in [2.75, 3.05) is 6.54 Å². The minimum atomic E-state index is -4.50. The van der Waals surface area contributed by atoms with E-state index in [1.807, 2.05) is 0 Å². The van der Waals surface area contributed by atoms with Crippen molar-refractivity contribution in [3.63, 3.8) is 0 Å². The fourth-order valence-corrected chi connectivity index (χ4v) is 2.69. The summed E-state index contributed by atoms with van der Waals surface area (Å²) in [7, 11) is 0. The first kappa shape index (κ1) is 15.7. The fourth-order valence-electron chi connectivity index (χ4n) is 2.69. The summed E-state index contributed by atoms with van der Waals surface area (Å²) in [6.45, 7) is 1.70. The highest BCUT2D eigenvalue weighted by Crippen LogP contribution is 2.40. The number of hydrogen-bond donors (Lipinski definition) is 1. The Balaban J connectivity index is 2.16. The average Bonchev–Trinajstić information content (AvgIpc) is 2.87. The number of aromatic nitrogens is 1. The Morgan fingerprint density at radius 2 is 2.00 bits per heavy atom. The van der Waals surface area contributed by atoms with Crippen molar-refractivity contribution < 1.29 is 22.3 Å². The molecule has 1 atom stereocenters. The van der Waals surface area contributed by atoms with E-state index in [0.29, 0.717) is 17.7 Å². The van der Waals surface area contributed by atoms with E-state index in [0.717, 1.165) is 18.2 Å². The molecule has 122 valence electrons. The summed E-state index contributed by atoms with van der Waals surface area (Å²) in [5.74, 6) is -0.190. The van der Waals surface area contributed by atoms with Crippen LogP contribution < -0.4 is 10.5 Å². The van der Waals surface area contributed by atoms with Gasteiger partial charge in [-0.1, -0.05) is 0 Å². The molecule has 0 radical (unpaired) electrons. The number of halogens is 4. The number of ether oxygens (including phenoxy) is 1. The van der Waals surface area contributed by atoms with Gasteiger partial charge in [0.15, 0.2) is 0 Å². The van der Waals surface area contributed by atoms with E-state index in [-0.39, 0.29) is 29.6 Å². The predicted octanol–water partition coefficient (Wildman–Crippen LogP) is 3.48. The van der Waals surface area contributed by atoms with Gasteiger partial charge in [0.25, 0.3) is 0 Å². The zero-order valence-electron chi connectivity index (χ0n) is 12.2. The molecular weight excluding hydrogens is 312 g/mol. The summed E-state index contributed by atoms with van der Waals surface area (Å²) in [6.07, 6.45) is -4.38. The maximum atomic E-state index is 13.8. The summed E-state index contributed by atoms with van der Waals surface area (Å²) in [5, 5.41) is 0. The van der Waals surface area contributed by atoms with Crippen molar-refractivity contribution in [2.24, 2.45) is 5.73 Å². The second-order valence-electron chi connectivity index (χ2n) is 5.50. The molecule has 0 saturated heterocycles. The van der Waals surface area contributed by atoms with E-state index in [1.54, 1.807) is 0 Å². The van der Waals surface area contributed by atoms with Gasteiger partial charge in [-0.25, -0.2) is 4.39 Å². The number of pyridine rings is 1. The number of aryl methyl sites for hydroxylation is 1. The molecule has 0 fully saturated rings. The SMILES string of the molecule is Cc1cc(C(F)(F)F)cc(-c2cc(F)cc3c2O[C@H](CN)C3)n1. The van der Waals surface area contributed by atoms with Crippen LogP contribution in [0.15, 0.2) is 24.3 Å². The van der Waals surface area contributed by atoms with Gasteiger partial charge in [0.05, 0.1) is 11.3 Å². The quantitative estimate of drug-likeness (QED) is 0.860. The molecule has 0 unspecified atom stereocenters. The molecule has 0 amide bonds. The number of nitrogens with zero attached hydrogens (tertiary/aromatic N) is 1. The molecule has 1 aromatic heterocycles. The van der Waals surface area contributed by atoms with Crippen LogP contribution in [-0.4, -0.2) is 17.6 Å². The number of nitrogens with two attached hydrogens (primary N) is 1. The lowest BCUT2D eigenvalue weighted by Crippen LogP contribution is -2.24. The first-order valence-corrected chi connectivity index (χ1v) is 7.03. The van der Waals surface area contributed by atoms with Gasteiger partial charge >= 0.3 is 6.18 Å². The highest BCUT2D eigenvalue weighted by Gasteiger charge is 2.32. The number of fused-ring (bicyclic) bond motifs is 1. The van der Waals surface area contributed by atoms with E-state index in [2.05, 4.69) is 4.98 Å². The molecule has 0 bridgehead atoms. The van der Waals surface area contributed by atoms with Gasteiger partial charge in [-0.2, -0.15) is 13.2 Å². The Morgan fingerprint density at radius 3 is 2.65 bits per heavy atom. The number of rotatable bonds is 2. The standard InChI is InChI=1S/C16H14F4N2O/c1-8-2-10(16(18,19)20)5-14(22-8)13-6-11(17)3-9-4-12(7-21)23-15(9)13/h2-3,5-6,12H,4,7,21H2,1H3/t12-/m0/s1. The Bertz CT molecular complexity index is 758. The van der Waals surface area contributed by atoms with Crippen LogP contribution >= 0.6 is 0 Å². The molecule has 0 saturated carbocycles. The van der Waals surface area contributed by atoms with Crippen LogP contribution in [0, 0.1) is 12.7 Å². The Hall–Kier alpha value is -2.15. The molecule has 2 aromatic rings. The zero-order valence-corrected chi connectivity index (χ0v) is 12.2. The van der Waals surface area contributed by atoms with Gasteiger partial charge in [-0.05, 0) is 31.2 Å². The van der Waals surface area contributed by atoms with Crippen LogP contribution in [0.3, 0.4) is 0 Å². The normalized spacial score (nSPS) is 17.0. The minimum absolute atomic E-state index is 0.0331. The summed E-state index contributed by atoms with van der Waals surface area (Å²) in [4.78, 5) is 4.11. The Kier molecular flexibility index (Phi) is 3.75. The summed E-state index contributed by atoms with van der Waals surface area (Å²) in [6, 6.07) is 4.31. The van der Waals surface area contributed by atoms with Gasteiger partial charge < -0.3 is 10.5 Å². The van der Waals surface area contributed by atoms with Crippen molar-refractivity contribution >= 4 is 0 Å². The Morgan fingerprint density at radius 1 is 1.26 bits per heavy atom. The largest absolute Gasteiger partial charge is 0.488 e. The van der Waals surface area contributed by atoms with E-state index < -0.39 is 17.6 Å². The molecule has 1 aliphatic heterocycles. The van der Waals surface area contributed by atoms with E-state index in [9.17, 15) is 17.6 Å². The first-order chi connectivity index (χ1) is 10.8.